The first-order valence-corrected chi connectivity index (χ1v) is 10.1. The molecule has 22 heavy (non-hydrogen) atoms. The zero-order chi connectivity index (χ0) is 15.7. The minimum Gasteiger partial charge on any atom is -0.396 e. The van der Waals surface area contributed by atoms with Gasteiger partial charge in [-0.15, -0.1) is 11.8 Å². The maximum atomic E-state index is 8.77. The van der Waals surface area contributed by atoms with E-state index in [-0.39, 0.29) is 4.87 Å². The first-order valence-electron chi connectivity index (χ1n) is 8.37. The third-order valence-electron chi connectivity index (χ3n) is 4.19. The Morgan fingerprint density at radius 1 is 1.32 bits per heavy atom. The van der Waals surface area contributed by atoms with Gasteiger partial charge in [0.1, 0.15) is 4.87 Å². The molecule has 2 rings (SSSR count). The highest BCUT2D eigenvalue weighted by Crippen LogP contribution is 2.37. The maximum Gasteiger partial charge on any atom is 0.134 e. The molecule has 0 bridgehead atoms. The van der Waals surface area contributed by atoms with Crippen molar-refractivity contribution in [3.05, 3.63) is 11.6 Å². The minimum absolute atomic E-state index is 0.0871. The summed E-state index contributed by atoms with van der Waals surface area (Å²) in [4.78, 5) is 2.30. The van der Waals surface area contributed by atoms with Crippen molar-refractivity contribution in [2.75, 3.05) is 32.5 Å². The Kier molecular flexibility index (Phi) is 8.32. The lowest BCUT2D eigenvalue weighted by Gasteiger charge is -2.34. The third kappa shape index (κ3) is 5.57. The molecular formula is C16H29N3OS2. The molecule has 0 amide bonds. The number of nitrogens with one attached hydrogen (secondary N) is 1. The molecule has 2 aliphatic heterocycles. The molecular weight excluding hydrogens is 314 g/mol. The SMILES string of the molecule is CN1CCC=C(C2(SCCCCCCCCO)C=NSN2)C1. The highest BCUT2D eigenvalue weighted by atomic mass is 32.2. The van der Waals surface area contributed by atoms with Crippen LogP contribution in [0.4, 0.5) is 0 Å². The van der Waals surface area contributed by atoms with Crippen LogP contribution in [0.15, 0.2) is 16.0 Å². The number of unbranched alkanes of at least 4 members (excludes halogenated alkanes) is 5. The zero-order valence-corrected chi connectivity index (χ0v) is 15.2. The monoisotopic (exact) mass is 343 g/mol. The summed E-state index contributed by atoms with van der Waals surface area (Å²) in [6, 6.07) is 0. The van der Waals surface area contributed by atoms with Crippen LogP contribution in [-0.4, -0.2) is 53.6 Å². The Balaban J connectivity index is 1.71. The molecule has 6 heteroatoms. The minimum atomic E-state index is -0.0871. The number of nitrogens with zero attached hydrogens (tertiary/aromatic N) is 2. The van der Waals surface area contributed by atoms with E-state index in [2.05, 4.69) is 33.4 Å². The molecule has 126 valence electrons. The van der Waals surface area contributed by atoms with Gasteiger partial charge in [-0.2, -0.15) is 0 Å². The molecule has 1 unspecified atom stereocenters. The van der Waals surface area contributed by atoms with Crippen molar-refractivity contribution in [1.82, 2.24) is 9.62 Å². The molecule has 2 aliphatic rings. The lowest BCUT2D eigenvalue weighted by atomic mass is 10.0. The molecule has 0 aromatic heterocycles. The highest BCUT2D eigenvalue weighted by Gasteiger charge is 2.37. The number of aliphatic hydroxyl groups is 1. The summed E-state index contributed by atoms with van der Waals surface area (Å²) < 4.78 is 7.88. The van der Waals surface area contributed by atoms with Crippen LogP contribution in [0.2, 0.25) is 0 Å². The van der Waals surface area contributed by atoms with Gasteiger partial charge in [0.25, 0.3) is 0 Å². The van der Waals surface area contributed by atoms with E-state index in [9.17, 15) is 0 Å². The van der Waals surface area contributed by atoms with Gasteiger partial charge in [0.2, 0.25) is 0 Å². The quantitative estimate of drug-likeness (QED) is 0.362. The summed E-state index contributed by atoms with van der Waals surface area (Å²) in [5, 5.41) is 8.77. The molecule has 0 radical (unpaired) electrons. The molecule has 0 saturated carbocycles. The average molecular weight is 344 g/mol. The van der Waals surface area contributed by atoms with Crippen molar-refractivity contribution < 1.29 is 5.11 Å². The molecule has 0 fully saturated rings. The molecule has 0 spiro atoms. The number of aliphatic hydroxyl groups excluding tert-OH is 1. The Hall–Kier alpha value is -0.0100. The molecule has 0 aliphatic carbocycles. The summed E-state index contributed by atoms with van der Waals surface area (Å²) in [7, 11) is 2.19. The first kappa shape index (κ1) is 18.3. The highest BCUT2D eigenvalue weighted by molar-refractivity contribution is 8.04. The third-order valence-corrected chi connectivity index (χ3v) is 6.36. The summed E-state index contributed by atoms with van der Waals surface area (Å²) in [5.74, 6) is 1.17. The van der Waals surface area contributed by atoms with Gasteiger partial charge in [-0.3, -0.25) is 0 Å². The van der Waals surface area contributed by atoms with Crippen LogP contribution in [0, 0.1) is 0 Å². The van der Waals surface area contributed by atoms with Crippen LogP contribution in [0.3, 0.4) is 0 Å². The van der Waals surface area contributed by atoms with E-state index < -0.39 is 0 Å². The number of hydrogen-bond acceptors (Lipinski definition) is 6. The zero-order valence-electron chi connectivity index (χ0n) is 13.6. The normalized spacial score (nSPS) is 25.6. The number of likely N-dealkylation sites (N-methyl/N-ethyl adjacent to an activating group) is 1. The summed E-state index contributed by atoms with van der Waals surface area (Å²) in [6.07, 6.45) is 12.8. The van der Waals surface area contributed by atoms with E-state index in [1.807, 2.05) is 11.8 Å². The second-order valence-electron chi connectivity index (χ2n) is 6.11. The van der Waals surface area contributed by atoms with E-state index in [0.29, 0.717) is 6.61 Å². The average Bonchev–Trinajstić information content (AvgIpc) is 3.00. The predicted octanol–water partition coefficient (Wildman–Crippen LogP) is 3.25. The molecule has 4 nitrogen and oxygen atoms in total. The molecule has 2 N–H and O–H groups in total. The number of rotatable bonds is 10. The molecule has 1 atom stereocenters. The van der Waals surface area contributed by atoms with Gasteiger partial charge < -0.3 is 10.0 Å². The largest absolute Gasteiger partial charge is 0.396 e. The Bertz CT molecular complexity index is 390. The smallest absolute Gasteiger partial charge is 0.134 e. The van der Waals surface area contributed by atoms with Crippen LogP contribution in [-0.2, 0) is 0 Å². The topological polar surface area (TPSA) is 47.9 Å². The summed E-state index contributed by atoms with van der Waals surface area (Å²) in [6.45, 7) is 2.53. The van der Waals surface area contributed by atoms with Gasteiger partial charge >= 0.3 is 0 Å². The fourth-order valence-corrected chi connectivity index (χ4v) is 4.97. The first-order chi connectivity index (χ1) is 10.8. The molecule has 0 aromatic rings. The van der Waals surface area contributed by atoms with Gasteiger partial charge in [0, 0.05) is 25.9 Å². The van der Waals surface area contributed by atoms with Crippen molar-refractivity contribution in [3.63, 3.8) is 0 Å². The van der Waals surface area contributed by atoms with Gasteiger partial charge in [0.05, 0.1) is 12.1 Å². The molecule has 0 saturated heterocycles. The lowest BCUT2D eigenvalue weighted by molar-refractivity contribution is 0.282. The Morgan fingerprint density at radius 3 is 2.77 bits per heavy atom. The van der Waals surface area contributed by atoms with Crippen molar-refractivity contribution in [1.29, 1.82) is 0 Å². The van der Waals surface area contributed by atoms with E-state index in [0.717, 1.165) is 32.4 Å². The van der Waals surface area contributed by atoms with Gasteiger partial charge in [-0.25, -0.2) is 9.12 Å². The fraction of sp³-hybridized carbons (Fsp3) is 0.812. The van der Waals surface area contributed by atoms with Gasteiger partial charge in [-0.1, -0.05) is 31.8 Å². The van der Waals surface area contributed by atoms with Crippen LogP contribution in [0.25, 0.3) is 0 Å². The van der Waals surface area contributed by atoms with Crippen molar-refractivity contribution in [2.45, 2.75) is 49.8 Å². The second-order valence-corrected chi connectivity index (χ2v) is 8.05. The lowest BCUT2D eigenvalue weighted by Crippen LogP contribution is -2.44. The Labute approximate surface area is 143 Å². The van der Waals surface area contributed by atoms with Crippen molar-refractivity contribution in [3.8, 4) is 0 Å². The summed E-state index contributed by atoms with van der Waals surface area (Å²) in [5.41, 5.74) is 1.46. The van der Waals surface area contributed by atoms with Gasteiger partial charge in [0.15, 0.2) is 0 Å². The van der Waals surface area contributed by atoms with Crippen LogP contribution >= 0.6 is 23.9 Å². The number of hydrogen-bond donors (Lipinski definition) is 2. The predicted molar refractivity (Wildman–Crippen MR) is 99.4 cm³/mol. The fourth-order valence-electron chi connectivity index (χ4n) is 2.85. The standard InChI is InChI=1S/C16H29N3OS2/c1-19-10-8-9-15(13-19)16(14-17-22-18-16)21-12-7-5-3-2-4-6-11-20/h9,14,18,20H,2-8,10-13H2,1H3. The van der Waals surface area contributed by atoms with E-state index in [1.165, 1.54) is 49.1 Å². The van der Waals surface area contributed by atoms with E-state index >= 15 is 0 Å². The van der Waals surface area contributed by atoms with Crippen LogP contribution in [0.5, 0.6) is 0 Å². The van der Waals surface area contributed by atoms with Crippen LogP contribution < -0.4 is 4.72 Å². The van der Waals surface area contributed by atoms with Crippen molar-refractivity contribution in [2.24, 2.45) is 4.40 Å². The van der Waals surface area contributed by atoms with E-state index in [4.69, 9.17) is 5.11 Å². The second kappa shape index (κ2) is 9.98. The van der Waals surface area contributed by atoms with E-state index in [1.54, 1.807) is 0 Å². The molecule has 2 heterocycles. The number of thioether (sulfide) groups is 1. The maximum absolute atomic E-state index is 8.77. The molecule has 0 aromatic carbocycles. The van der Waals surface area contributed by atoms with Crippen molar-refractivity contribution >= 4 is 30.1 Å². The summed E-state index contributed by atoms with van der Waals surface area (Å²) >= 11 is 3.46. The van der Waals surface area contributed by atoms with Gasteiger partial charge in [-0.05, 0) is 37.6 Å². The van der Waals surface area contributed by atoms with Crippen LogP contribution in [0.1, 0.15) is 44.9 Å². The Morgan fingerprint density at radius 2 is 2.09 bits per heavy atom.